The van der Waals surface area contributed by atoms with Crippen LogP contribution in [0.5, 0.6) is 0 Å². The van der Waals surface area contributed by atoms with E-state index < -0.39 is 0 Å². The molecule has 3 heteroatoms. The molecule has 0 unspecified atom stereocenters. The van der Waals surface area contributed by atoms with Crippen LogP contribution in [-0.4, -0.2) is 37.6 Å². The second-order valence-corrected chi connectivity index (χ2v) is 5.25. The fraction of sp³-hybridized carbons (Fsp3) is 0.571. The Balaban J connectivity index is 1.68. The summed E-state index contributed by atoms with van der Waals surface area (Å²) in [5.41, 5.74) is 1.17. The first-order chi connectivity index (χ1) is 8.26. The second kappa shape index (κ2) is 4.30. The summed E-state index contributed by atoms with van der Waals surface area (Å²) in [6, 6.07) is 6.91. The Bertz CT molecular complexity index is 376. The monoisotopic (exact) mass is 234 g/mol. The molecule has 2 saturated heterocycles. The van der Waals surface area contributed by atoms with E-state index in [9.17, 15) is 4.39 Å². The molecule has 92 valence electrons. The van der Waals surface area contributed by atoms with E-state index in [-0.39, 0.29) is 5.82 Å². The Hall–Kier alpha value is -1.09. The number of hydrogen-bond acceptors (Lipinski definition) is 2. The maximum atomic E-state index is 12.9. The predicted molar refractivity (Wildman–Crippen MR) is 67.7 cm³/mol. The summed E-state index contributed by atoms with van der Waals surface area (Å²) in [5, 5.41) is 0. The lowest BCUT2D eigenvalue weighted by Gasteiger charge is -2.22. The Morgan fingerprint density at radius 2 is 1.65 bits per heavy atom. The second-order valence-electron chi connectivity index (χ2n) is 5.25. The lowest BCUT2D eigenvalue weighted by Crippen LogP contribution is -2.28. The molecule has 1 aromatic carbocycles. The van der Waals surface area contributed by atoms with Gasteiger partial charge in [-0.3, -0.25) is 0 Å². The van der Waals surface area contributed by atoms with Crippen molar-refractivity contribution in [2.24, 2.45) is 11.8 Å². The number of nitrogens with zero attached hydrogens (tertiary/aromatic N) is 2. The molecule has 3 rings (SSSR count). The van der Waals surface area contributed by atoms with E-state index in [0.29, 0.717) is 0 Å². The van der Waals surface area contributed by atoms with Crippen molar-refractivity contribution in [3.63, 3.8) is 0 Å². The molecule has 17 heavy (non-hydrogen) atoms. The van der Waals surface area contributed by atoms with Gasteiger partial charge in [-0.15, -0.1) is 0 Å². The molecule has 0 radical (unpaired) electrons. The summed E-state index contributed by atoms with van der Waals surface area (Å²) >= 11 is 0. The minimum absolute atomic E-state index is 0.148. The van der Waals surface area contributed by atoms with Gasteiger partial charge in [-0.05, 0) is 42.6 Å². The van der Waals surface area contributed by atoms with Crippen LogP contribution < -0.4 is 4.90 Å². The highest BCUT2D eigenvalue weighted by Gasteiger charge is 2.39. The van der Waals surface area contributed by atoms with Crippen molar-refractivity contribution in [1.29, 1.82) is 0 Å². The van der Waals surface area contributed by atoms with Crippen LogP contribution in [0.3, 0.4) is 0 Å². The lowest BCUT2D eigenvalue weighted by molar-refractivity contribution is 0.334. The first kappa shape index (κ1) is 11.0. The molecule has 0 saturated carbocycles. The fourth-order valence-corrected chi connectivity index (χ4v) is 3.21. The van der Waals surface area contributed by atoms with E-state index in [0.717, 1.165) is 24.9 Å². The van der Waals surface area contributed by atoms with E-state index in [4.69, 9.17) is 0 Å². The van der Waals surface area contributed by atoms with Gasteiger partial charge >= 0.3 is 0 Å². The van der Waals surface area contributed by atoms with Crippen molar-refractivity contribution in [2.45, 2.75) is 6.92 Å². The molecule has 2 atom stereocenters. The minimum Gasteiger partial charge on any atom is -0.371 e. The van der Waals surface area contributed by atoms with Gasteiger partial charge in [0.1, 0.15) is 5.82 Å². The SMILES string of the molecule is CCN1C[C@@H]2CN(c3ccc(F)cc3)C[C@H]2C1. The van der Waals surface area contributed by atoms with Crippen LogP contribution in [0.15, 0.2) is 24.3 Å². The van der Waals surface area contributed by atoms with Gasteiger partial charge in [0.05, 0.1) is 0 Å². The smallest absolute Gasteiger partial charge is 0.123 e. The number of benzene rings is 1. The van der Waals surface area contributed by atoms with Gasteiger partial charge in [0.15, 0.2) is 0 Å². The van der Waals surface area contributed by atoms with E-state index in [1.165, 1.54) is 25.3 Å². The maximum Gasteiger partial charge on any atom is 0.123 e. The Labute approximate surface area is 102 Å². The quantitative estimate of drug-likeness (QED) is 0.774. The van der Waals surface area contributed by atoms with Crippen LogP contribution in [-0.2, 0) is 0 Å². The molecule has 0 N–H and O–H groups in total. The summed E-state index contributed by atoms with van der Waals surface area (Å²) in [6.45, 7) is 8.14. The highest BCUT2D eigenvalue weighted by Crippen LogP contribution is 2.33. The number of rotatable bonds is 2. The zero-order valence-electron chi connectivity index (χ0n) is 10.3. The molecule has 2 heterocycles. The Morgan fingerprint density at radius 3 is 2.18 bits per heavy atom. The summed E-state index contributed by atoms with van der Waals surface area (Å²) < 4.78 is 12.9. The molecule has 2 nitrogen and oxygen atoms in total. The van der Waals surface area contributed by atoms with Crippen molar-refractivity contribution in [2.75, 3.05) is 37.6 Å². The zero-order valence-corrected chi connectivity index (χ0v) is 10.3. The molecule has 0 aromatic heterocycles. The maximum absolute atomic E-state index is 12.9. The molecule has 0 bridgehead atoms. The fourth-order valence-electron chi connectivity index (χ4n) is 3.21. The first-order valence-electron chi connectivity index (χ1n) is 6.49. The molecule has 1 aromatic rings. The lowest BCUT2D eigenvalue weighted by atomic mass is 10.0. The molecule has 0 aliphatic carbocycles. The number of hydrogen-bond donors (Lipinski definition) is 0. The Morgan fingerprint density at radius 1 is 1.06 bits per heavy atom. The third-order valence-electron chi connectivity index (χ3n) is 4.20. The Kier molecular flexibility index (Phi) is 2.79. The van der Waals surface area contributed by atoms with Crippen LogP contribution in [0.1, 0.15) is 6.92 Å². The highest BCUT2D eigenvalue weighted by molar-refractivity contribution is 5.47. The van der Waals surface area contributed by atoms with Crippen molar-refractivity contribution in [3.8, 4) is 0 Å². The summed E-state index contributed by atoms with van der Waals surface area (Å²) in [4.78, 5) is 4.94. The third kappa shape index (κ3) is 2.04. The predicted octanol–water partition coefficient (Wildman–Crippen LogP) is 2.21. The van der Waals surface area contributed by atoms with Crippen LogP contribution in [0, 0.1) is 17.7 Å². The van der Waals surface area contributed by atoms with Gasteiger partial charge in [0.25, 0.3) is 0 Å². The molecular weight excluding hydrogens is 215 g/mol. The average molecular weight is 234 g/mol. The largest absolute Gasteiger partial charge is 0.371 e. The van der Waals surface area contributed by atoms with Crippen molar-refractivity contribution in [3.05, 3.63) is 30.1 Å². The van der Waals surface area contributed by atoms with Gasteiger partial charge in [0.2, 0.25) is 0 Å². The van der Waals surface area contributed by atoms with E-state index in [1.54, 1.807) is 12.1 Å². The number of halogens is 1. The van der Waals surface area contributed by atoms with Crippen LogP contribution in [0.4, 0.5) is 10.1 Å². The van der Waals surface area contributed by atoms with Crippen LogP contribution in [0.2, 0.25) is 0 Å². The summed E-state index contributed by atoms with van der Waals surface area (Å²) in [5.74, 6) is 1.46. The van der Waals surface area contributed by atoms with Gasteiger partial charge in [-0.25, -0.2) is 4.39 Å². The number of anilines is 1. The number of likely N-dealkylation sites (tertiary alicyclic amines) is 1. The topological polar surface area (TPSA) is 6.48 Å². The van der Waals surface area contributed by atoms with Crippen LogP contribution in [0.25, 0.3) is 0 Å². The highest BCUT2D eigenvalue weighted by atomic mass is 19.1. The van der Waals surface area contributed by atoms with Crippen molar-refractivity contribution in [1.82, 2.24) is 4.90 Å². The van der Waals surface area contributed by atoms with E-state index in [1.807, 2.05) is 12.1 Å². The standard InChI is InChI=1S/C14H19FN2/c1-2-16-7-11-9-17(10-12(11)8-16)14-5-3-13(15)4-6-14/h3-6,11-12H,2,7-10H2,1H3/t11-,12-/m1/s1. The minimum atomic E-state index is -0.148. The normalized spacial score (nSPS) is 28.7. The molecule has 2 aliphatic rings. The molecule has 2 aliphatic heterocycles. The van der Waals surface area contributed by atoms with Gasteiger partial charge < -0.3 is 9.80 Å². The first-order valence-corrected chi connectivity index (χ1v) is 6.49. The van der Waals surface area contributed by atoms with Crippen molar-refractivity contribution >= 4 is 5.69 Å². The molecular formula is C14H19FN2. The summed E-state index contributed by atoms with van der Waals surface area (Å²) in [6.07, 6.45) is 0. The van der Waals surface area contributed by atoms with Gasteiger partial charge in [0, 0.05) is 31.9 Å². The third-order valence-corrected chi connectivity index (χ3v) is 4.20. The molecule has 0 amide bonds. The molecule has 0 spiro atoms. The molecule has 2 fully saturated rings. The number of fused-ring (bicyclic) bond motifs is 1. The van der Waals surface area contributed by atoms with Gasteiger partial charge in [-0.2, -0.15) is 0 Å². The van der Waals surface area contributed by atoms with Gasteiger partial charge in [-0.1, -0.05) is 6.92 Å². The van der Waals surface area contributed by atoms with E-state index >= 15 is 0 Å². The van der Waals surface area contributed by atoms with Crippen LogP contribution >= 0.6 is 0 Å². The van der Waals surface area contributed by atoms with E-state index in [2.05, 4.69) is 16.7 Å². The zero-order chi connectivity index (χ0) is 11.8. The summed E-state index contributed by atoms with van der Waals surface area (Å²) in [7, 11) is 0. The van der Waals surface area contributed by atoms with Crippen molar-refractivity contribution < 1.29 is 4.39 Å². The average Bonchev–Trinajstić information content (AvgIpc) is 2.87.